The maximum atomic E-state index is 13.2. The minimum Gasteiger partial charge on any atom is -0.395 e. The highest BCUT2D eigenvalue weighted by Crippen LogP contribution is 2.19. The minimum atomic E-state index is -0.955. The Balaban J connectivity index is 1.78. The number of halogens is 1. The zero-order valence-corrected chi connectivity index (χ0v) is 10.6. The van der Waals surface area contributed by atoms with Gasteiger partial charge in [-0.3, -0.25) is 14.7 Å². The fourth-order valence-electron chi connectivity index (χ4n) is 2.25. The molecule has 1 aliphatic heterocycles. The van der Waals surface area contributed by atoms with Crippen LogP contribution in [-0.4, -0.2) is 52.8 Å². The van der Waals surface area contributed by atoms with Gasteiger partial charge in [0.2, 0.25) is 5.91 Å². The average molecular weight is 267 g/mol. The van der Waals surface area contributed by atoms with Gasteiger partial charge in [0, 0.05) is 31.5 Å². The molecule has 0 aliphatic carbocycles. The minimum absolute atomic E-state index is 0.115. The Morgan fingerprint density at radius 3 is 3.16 bits per heavy atom. The van der Waals surface area contributed by atoms with Crippen LogP contribution in [0.2, 0.25) is 0 Å². The van der Waals surface area contributed by atoms with Crippen molar-refractivity contribution < 1.29 is 14.3 Å². The summed E-state index contributed by atoms with van der Waals surface area (Å²) in [5.41, 5.74) is 0.916. The Hall–Kier alpha value is -1.53. The van der Waals surface area contributed by atoms with Crippen molar-refractivity contribution in [2.24, 2.45) is 0 Å². The molecule has 2 rings (SSSR count). The predicted octanol–water partition coefficient (Wildman–Crippen LogP) is 0.102. The molecule has 1 fully saturated rings. The molecule has 0 spiro atoms. The number of hydrogen-bond acceptors (Lipinski definition) is 4. The molecule has 1 amide bonds. The van der Waals surface area contributed by atoms with E-state index >= 15 is 0 Å². The van der Waals surface area contributed by atoms with Crippen LogP contribution in [0.15, 0.2) is 24.5 Å². The molecule has 19 heavy (non-hydrogen) atoms. The van der Waals surface area contributed by atoms with E-state index in [1.165, 1.54) is 0 Å². The number of aliphatic hydroxyl groups excluding tert-OH is 1. The molecule has 0 saturated carbocycles. The first-order valence-electron chi connectivity index (χ1n) is 6.33. The smallest absolute Gasteiger partial charge is 0.234 e. The van der Waals surface area contributed by atoms with Crippen molar-refractivity contribution in [2.45, 2.75) is 25.2 Å². The van der Waals surface area contributed by atoms with Crippen molar-refractivity contribution in [3.05, 3.63) is 30.1 Å². The molecule has 2 heterocycles. The number of likely N-dealkylation sites (tertiary alicyclic amines) is 1. The largest absolute Gasteiger partial charge is 0.395 e. The van der Waals surface area contributed by atoms with Gasteiger partial charge < -0.3 is 10.4 Å². The molecular formula is C13H18FN3O2. The van der Waals surface area contributed by atoms with Gasteiger partial charge in [-0.25, -0.2) is 4.39 Å². The Morgan fingerprint density at radius 2 is 2.47 bits per heavy atom. The average Bonchev–Trinajstić information content (AvgIpc) is 2.77. The summed E-state index contributed by atoms with van der Waals surface area (Å²) in [7, 11) is 0. The van der Waals surface area contributed by atoms with E-state index in [0.717, 1.165) is 5.56 Å². The second-order valence-electron chi connectivity index (χ2n) is 4.74. The number of carbonyl (C=O) groups excluding carboxylic acids is 1. The van der Waals surface area contributed by atoms with E-state index in [-0.39, 0.29) is 31.6 Å². The van der Waals surface area contributed by atoms with Crippen molar-refractivity contribution >= 4 is 5.91 Å². The number of pyridine rings is 1. The van der Waals surface area contributed by atoms with Gasteiger partial charge >= 0.3 is 0 Å². The third kappa shape index (κ3) is 3.97. The summed E-state index contributed by atoms with van der Waals surface area (Å²) >= 11 is 0. The van der Waals surface area contributed by atoms with E-state index in [4.69, 9.17) is 5.11 Å². The molecule has 2 atom stereocenters. The van der Waals surface area contributed by atoms with Crippen molar-refractivity contribution in [3.8, 4) is 0 Å². The van der Waals surface area contributed by atoms with Crippen molar-refractivity contribution in [2.75, 3.05) is 19.7 Å². The van der Waals surface area contributed by atoms with Crippen LogP contribution >= 0.6 is 0 Å². The summed E-state index contributed by atoms with van der Waals surface area (Å²) in [6.07, 6.45) is 2.70. The zero-order valence-electron chi connectivity index (χ0n) is 10.6. The molecule has 1 aromatic rings. The van der Waals surface area contributed by atoms with Crippen LogP contribution in [0.5, 0.6) is 0 Å². The summed E-state index contributed by atoms with van der Waals surface area (Å²) in [4.78, 5) is 17.4. The van der Waals surface area contributed by atoms with Gasteiger partial charge in [-0.2, -0.15) is 0 Å². The normalized spacial score (nSPS) is 23.5. The molecule has 1 saturated heterocycles. The van der Waals surface area contributed by atoms with Crippen LogP contribution in [-0.2, 0) is 11.3 Å². The molecule has 0 radical (unpaired) electrons. The fraction of sp³-hybridized carbons (Fsp3) is 0.538. The van der Waals surface area contributed by atoms with Gasteiger partial charge in [0.15, 0.2) is 0 Å². The molecule has 0 aromatic carbocycles. The maximum absolute atomic E-state index is 13.2. The lowest BCUT2D eigenvalue weighted by Gasteiger charge is -2.21. The summed E-state index contributed by atoms with van der Waals surface area (Å²) in [5.74, 6) is -0.170. The van der Waals surface area contributed by atoms with Crippen LogP contribution in [0.25, 0.3) is 0 Å². The summed E-state index contributed by atoms with van der Waals surface area (Å²) in [5, 5.41) is 11.9. The van der Waals surface area contributed by atoms with E-state index in [0.29, 0.717) is 13.0 Å². The molecule has 104 valence electrons. The van der Waals surface area contributed by atoms with Gasteiger partial charge in [0.05, 0.1) is 13.2 Å². The lowest BCUT2D eigenvalue weighted by atomic mass is 10.2. The molecule has 1 aromatic heterocycles. The molecule has 0 bridgehead atoms. The highest BCUT2D eigenvalue weighted by molar-refractivity contribution is 5.78. The van der Waals surface area contributed by atoms with E-state index in [9.17, 15) is 9.18 Å². The predicted molar refractivity (Wildman–Crippen MR) is 68.0 cm³/mol. The summed E-state index contributed by atoms with van der Waals surface area (Å²) in [6, 6.07) is 3.42. The van der Waals surface area contributed by atoms with Crippen molar-refractivity contribution in [3.63, 3.8) is 0 Å². The molecule has 5 nitrogen and oxygen atoms in total. The summed E-state index contributed by atoms with van der Waals surface area (Å²) < 4.78 is 13.2. The standard InChI is InChI=1S/C13H18FN3O2/c14-11-4-12(9-18)17(7-11)8-13(19)16-6-10-2-1-3-15-5-10/h1-3,5,11-12,18H,4,6-9H2,(H,16,19)/t11-,12-/m0/s1. The lowest BCUT2D eigenvalue weighted by Crippen LogP contribution is -2.41. The van der Waals surface area contributed by atoms with Gasteiger partial charge in [-0.1, -0.05) is 6.07 Å². The highest BCUT2D eigenvalue weighted by atomic mass is 19.1. The number of alkyl halides is 1. The Bertz CT molecular complexity index is 416. The Morgan fingerprint density at radius 1 is 1.63 bits per heavy atom. The van der Waals surface area contributed by atoms with E-state index < -0.39 is 6.17 Å². The lowest BCUT2D eigenvalue weighted by molar-refractivity contribution is -0.122. The van der Waals surface area contributed by atoms with Gasteiger partial charge in [0.25, 0.3) is 0 Å². The zero-order chi connectivity index (χ0) is 13.7. The van der Waals surface area contributed by atoms with E-state index in [1.54, 1.807) is 23.4 Å². The number of carbonyl (C=O) groups is 1. The van der Waals surface area contributed by atoms with Crippen LogP contribution in [0.4, 0.5) is 4.39 Å². The number of nitrogens with zero attached hydrogens (tertiary/aromatic N) is 2. The topological polar surface area (TPSA) is 65.5 Å². The number of amides is 1. The number of rotatable bonds is 5. The maximum Gasteiger partial charge on any atom is 0.234 e. The third-order valence-corrected chi connectivity index (χ3v) is 3.25. The van der Waals surface area contributed by atoms with Gasteiger partial charge in [-0.15, -0.1) is 0 Å². The molecule has 6 heteroatoms. The number of hydrogen-bond donors (Lipinski definition) is 2. The summed E-state index contributed by atoms with van der Waals surface area (Å²) in [6.45, 7) is 0.622. The Kier molecular flexibility index (Phi) is 4.81. The first-order valence-corrected chi connectivity index (χ1v) is 6.33. The van der Waals surface area contributed by atoms with Crippen LogP contribution in [0.3, 0.4) is 0 Å². The highest BCUT2D eigenvalue weighted by Gasteiger charge is 2.32. The monoisotopic (exact) mass is 267 g/mol. The van der Waals surface area contributed by atoms with E-state index in [2.05, 4.69) is 10.3 Å². The Labute approximate surface area is 111 Å². The van der Waals surface area contributed by atoms with Crippen LogP contribution in [0, 0.1) is 0 Å². The number of nitrogens with one attached hydrogen (secondary N) is 1. The second-order valence-corrected chi connectivity index (χ2v) is 4.74. The van der Waals surface area contributed by atoms with Crippen LogP contribution in [0.1, 0.15) is 12.0 Å². The van der Waals surface area contributed by atoms with Crippen molar-refractivity contribution in [1.82, 2.24) is 15.2 Å². The fourth-order valence-corrected chi connectivity index (χ4v) is 2.25. The van der Waals surface area contributed by atoms with E-state index in [1.807, 2.05) is 6.07 Å². The quantitative estimate of drug-likeness (QED) is 0.794. The van der Waals surface area contributed by atoms with Crippen molar-refractivity contribution in [1.29, 1.82) is 0 Å². The molecule has 0 unspecified atom stereocenters. The first kappa shape index (κ1) is 13.9. The van der Waals surface area contributed by atoms with Gasteiger partial charge in [0.1, 0.15) is 6.17 Å². The SMILES string of the molecule is O=C(CN1C[C@@H](F)C[C@H]1CO)NCc1cccnc1. The number of aliphatic hydroxyl groups is 1. The molecule has 1 aliphatic rings. The first-order chi connectivity index (χ1) is 9.19. The number of aromatic nitrogens is 1. The second kappa shape index (κ2) is 6.58. The third-order valence-electron chi connectivity index (χ3n) is 3.25. The van der Waals surface area contributed by atoms with Gasteiger partial charge in [-0.05, 0) is 18.1 Å². The van der Waals surface area contributed by atoms with Crippen LogP contribution < -0.4 is 5.32 Å². The molecule has 2 N–H and O–H groups in total. The molecular weight excluding hydrogens is 249 g/mol.